The zero-order chi connectivity index (χ0) is 21.3. The van der Waals surface area contributed by atoms with Crippen molar-refractivity contribution in [2.75, 3.05) is 12.4 Å². The average Bonchev–Trinajstić information content (AvgIpc) is 3.29. The predicted molar refractivity (Wildman–Crippen MR) is 118 cm³/mol. The van der Waals surface area contributed by atoms with Crippen LogP contribution in [0.1, 0.15) is 20.9 Å². The van der Waals surface area contributed by atoms with Crippen molar-refractivity contribution in [3.05, 3.63) is 81.3 Å². The minimum Gasteiger partial charge on any atom is -0.497 e. The summed E-state index contributed by atoms with van der Waals surface area (Å²) in [6.07, 6.45) is 1.65. The van der Waals surface area contributed by atoms with Crippen molar-refractivity contribution >= 4 is 22.4 Å². The van der Waals surface area contributed by atoms with Crippen LogP contribution in [0.4, 0.5) is 5.13 Å². The van der Waals surface area contributed by atoms with Gasteiger partial charge in [0.1, 0.15) is 5.75 Å². The summed E-state index contributed by atoms with van der Waals surface area (Å²) in [4.78, 5) is 32.8. The summed E-state index contributed by atoms with van der Waals surface area (Å²) in [5, 5.41) is 3.39. The number of carbonyl (C=O) groups is 1. The summed E-state index contributed by atoms with van der Waals surface area (Å²) < 4.78 is 6.74. The van der Waals surface area contributed by atoms with E-state index in [-0.39, 0.29) is 11.6 Å². The van der Waals surface area contributed by atoms with Crippen LogP contribution >= 0.6 is 11.3 Å². The smallest absolute Gasteiger partial charge is 0.330 e. The second-order valence-electron chi connectivity index (χ2n) is 6.72. The van der Waals surface area contributed by atoms with Gasteiger partial charge in [0, 0.05) is 27.9 Å². The zero-order valence-electron chi connectivity index (χ0n) is 16.7. The minimum absolute atomic E-state index is 0.214. The van der Waals surface area contributed by atoms with E-state index >= 15 is 0 Å². The number of imidazole rings is 1. The molecule has 0 atom stereocenters. The summed E-state index contributed by atoms with van der Waals surface area (Å²) in [6.45, 7) is 3.81. The minimum atomic E-state index is -0.255. The first kappa shape index (κ1) is 19.7. The van der Waals surface area contributed by atoms with Crippen molar-refractivity contribution in [2.45, 2.75) is 13.8 Å². The molecule has 0 saturated carbocycles. The van der Waals surface area contributed by atoms with Crippen LogP contribution in [0.5, 0.6) is 5.75 Å². The van der Waals surface area contributed by atoms with Gasteiger partial charge in [-0.05, 0) is 62.4 Å². The van der Waals surface area contributed by atoms with Crippen molar-refractivity contribution in [2.24, 2.45) is 0 Å². The van der Waals surface area contributed by atoms with Crippen LogP contribution in [0.25, 0.3) is 16.9 Å². The van der Waals surface area contributed by atoms with Gasteiger partial charge in [0.05, 0.1) is 18.5 Å². The Morgan fingerprint density at radius 2 is 1.80 bits per heavy atom. The molecule has 0 radical (unpaired) electrons. The molecule has 7 nitrogen and oxygen atoms in total. The van der Waals surface area contributed by atoms with E-state index in [1.54, 1.807) is 42.1 Å². The maximum absolute atomic E-state index is 12.7. The third-order valence-corrected chi connectivity index (χ3v) is 5.61. The number of aromatic nitrogens is 3. The van der Waals surface area contributed by atoms with Gasteiger partial charge in [-0.15, -0.1) is 11.3 Å². The molecule has 0 spiro atoms. The van der Waals surface area contributed by atoms with Crippen LogP contribution in [0.15, 0.2) is 59.5 Å². The normalized spacial score (nSPS) is 10.8. The molecule has 0 fully saturated rings. The number of carbonyl (C=O) groups excluding carboxylic acids is 1. The van der Waals surface area contributed by atoms with E-state index in [0.29, 0.717) is 16.4 Å². The summed E-state index contributed by atoms with van der Waals surface area (Å²) in [5.41, 5.74) is 3.55. The van der Waals surface area contributed by atoms with Crippen LogP contribution in [-0.4, -0.2) is 27.6 Å². The molecule has 8 heteroatoms. The van der Waals surface area contributed by atoms with Crippen LogP contribution in [0, 0.1) is 13.8 Å². The van der Waals surface area contributed by atoms with Gasteiger partial charge in [-0.2, -0.15) is 0 Å². The Morgan fingerprint density at radius 3 is 2.40 bits per heavy atom. The second-order valence-corrected chi connectivity index (χ2v) is 7.93. The highest BCUT2D eigenvalue weighted by Gasteiger charge is 2.14. The third-order valence-electron chi connectivity index (χ3n) is 4.73. The quantitative estimate of drug-likeness (QED) is 0.507. The van der Waals surface area contributed by atoms with Crippen molar-refractivity contribution in [3.63, 3.8) is 0 Å². The van der Waals surface area contributed by atoms with Gasteiger partial charge in [0.25, 0.3) is 5.91 Å². The molecule has 2 aromatic carbocycles. The van der Waals surface area contributed by atoms with Crippen molar-refractivity contribution < 1.29 is 9.53 Å². The lowest BCUT2D eigenvalue weighted by Gasteiger charge is -2.06. The fourth-order valence-electron chi connectivity index (χ4n) is 3.17. The lowest BCUT2D eigenvalue weighted by atomic mass is 10.1. The van der Waals surface area contributed by atoms with Gasteiger partial charge in [0.15, 0.2) is 5.13 Å². The zero-order valence-corrected chi connectivity index (χ0v) is 17.5. The monoisotopic (exact) mass is 420 g/mol. The number of methoxy groups -OCH3 is 1. The van der Waals surface area contributed by atoms with Crippen LogP contribution in [0.2, 0.25) is 0 Å². The highest BCUT2D eigenvalue weighted by atomic mass is 32.1. The Hall–Kier alpha value is -3.65. The van der Waals surface area contributed by atoms with Crippen molar-refractivity contribution in [3.8, 4) is 22.7 Å². The highest BCUT2D eigenvalue weighted by Crippen LogP contribution is 2.31. The number of hydrogen-bond acceptors (Lipinski definition) is 5. The topological polar surface area (TPSA) is 89.0 Å². The van der Waals surface area contributed by atoms with E-state index in [1.807, 2.05) is 38.1 Å². The standard InChI is InChI=1S/C22H20N4O3S/c1-13-12-23-22(28)26(13)17-8-4-16(5-9-17)20(27)25-21-24-19(14(2)30-21)15-6-10-18(29-3)11-7-15/h4-12H,1-3H3,(H,23,28)(H,24,25,27). The highest BCUT2D eigenvalue weighted by molar-refractivity contribution is 7.16. The molecule has 2 heterocycles. The summed E-state index contributed by atoms with van der Waals surface area (Å²) in [5.74, 6) is 0.524. The number of aromatic amines is 1. The fourth-order valence-corrected chi connectivity index (χ4v) is 4.00. The first-order chi connectivity index (χ1) is 14.5. The number of ether oxygens (including phenoxy) is 1. The number of amides is 1. The first-order valence-electron chi connectivity index (χ1n) is 9.27. The molecule has 0 saturated heterocycles. The van der Waals surface area contributed by atoms with Gasteiger partial charge < -0.3 is 9.72 Å². The number of benzene rings is 2. The average molecular weight is 420 g/mol. The molecule has 0 aliphatic heterocycles. The van der Waals surface area contributed by atoms with E-state index in [2.05, 4.69) is 15.3 Å². The maximum atomic E-state index is 12.7. The lowest BCUT2D eigenvalue weighted by Crippen LogP contribution is -2.16. The Morgan fingerprint density at radius 1 is 1.10 bits per heavy atom. The number of rotatable bonds is 5. The Bertz CT molecular complexity index is 1250. The molecule has 152 valence electrons. The number of aryl methyl sites for hydroxylation is 2. The number of H-pyrrole nitrogens is 1. The predicted octanol–water partition coefficient (Wildman–Crippen LogP) is 4.17. The first-order valence-corrected chi connectivity index (χ1v) is 10.1. The number of nitrogens with one attached hydrogen (secondary N) is 2. The van der Waals surface area contributed by atoms with Gasteiger partial charge in [0.2, 0.25) is 0 Å². The molecule has 1 amide bonds. The molecular weight excluding hydrogens is 400 g/mol. The molecule has 0 aliphatic rings. The van der Waals surface area contributed by atoms with Gasteiger partial charge >= 0.3 is 5.69 Å². The Labute approximate surface area is 177 Å². The van der Waals surface area contributed by atoms with Crippen molar-refractivity contribution in [1.29, 1.82) is 0 Å². The molecule has 4 aromatic rings. The number of hydrogen-bond donors (Lipinski definition) is 2. The fraction of sp³-hybridized carbons (Fsp3) is 0.136. The van der Waals surface area contributed by atoms with E-state index < -0.39 is 0 Å². The molecule has 2 N–H and O–H groups in total. The molecular formula is C22H20N4O3S. The second kappa shape index (κ2) is 8.00. The van der Waals surface area contributed by atoms with E-state index in [4.69, 9.17) is 4.74 Å². The van der Waals surface area contributed by atoms with Gasteiger partial charge in [-0.3, -0.25) is 14.7 Å². The number of thiazole rings is 1. The molecule has 4 rings (SSSR count). The van der Waals surface area contributed by atoms with Crippen molar-refractivity contribution in [1.82, 2.24) is 14.5 Å². The lowest BCUT2D eigenvalue weighted by molar-refractivity contribution is 0.102. The van der Waals surface area contributed by atoms with Gasteiger partial charge in [-0.1, -0.05) is 0 Å². The molecule has 0 unspecified atom stereocenters. The summed E-state index contributed by atoms with van der Waals surface area (Å²) in [7, 11) is 1.63. The number of anilines is 1. The molecule has 2 aromatic heterocycles. The SMILES string of the molecule is COc1ccc(-c2nc(NC(=O)c3ccc(-n4c(C)c[nH]c4=O)cc3)sc2C)cc1. The van der Waals surface area contributed by atoms with Gasteiger partial charge in [-0.25, -0.2) is 9.78 Å². The van der Waals surface area contributed by atoms with E-state index in [0.717, 1.165) is 27.6 Å². The summed E-state index contributed by atoms with van der Waals surface area (Å²) >= 11 is 1.42. The van der Waals surface area contributed by atoms with Crippen LogP contribution in [0.3, 0.4) is 0 Å². The van der Waals surface area contributed by atoms with E-state index in [9.17, 15) is 9.59 Å². The molecule has 0 bridgehead atoms. The Kier molecular flexibility index (Phi) is 5.24. The number of nitrogens with zero attached hydrogens (tertiary/aromatic N) is 2. The van der Waals surface area contributed by atoms with E-state index in [1.165, 1.54) is 11.3 Å². The molecule has 30 heavy (non-hydrogen) atoms. The van der Waals surface area contributed by atoms with Crippen LogP contribution in [-0.2, 0) is 0 Å². The Balaban J connectivity index is 1.52. The maximum Gasteiger partial charge on any atom is 0.330 e. The van der Waals surface area contributed by atoms with Crippen LogP contribution < -0.4 is 15.7 Å². The summed E-state index contributed by atoms with van der Waals surface area (Å²) in [6, 6.07) is 14.5. The molecule has 0 aliphatic carbocycles. The largest absolute Gasteiger partial charge is 0.497 e. The third kappa shape index (κ3) is 3.77.